The highest BCUT2D eigenvalue weighted by atomic mass is 35.5. The second kappa shape index (κ2) is 14.0. The number of carbonyl (C=O) groups excluding carboxylic acids is 1. The highest BCUT2D eigenvalue weighted by Gasteiger charge is 2.49. The number of carbonyl (C=O) groups is 1. The van der Waals surface area contributed by atoms with Gasteiger partial charge in [0, 0.05) is 81.9 Å². The molecule has 280 valence electrons. The summed E-state index contributed by atoms with van der Waals surface area (Å²) in [5.41, 5.74) is 4.84. The molecule has 13 nitrogen and oxygen atoms in total. The predicted octanol–water partition coefficient (Wildman–Crippen LogP) is 5.52. The molecule has 0 radical (unpaired) electrons. The van der Waals surface area contributed by atoms with Gasteiger partial charge in [-0.25, -0.2) is 19.6 Å². The Labute approximate surface area is 321 Å². The Balaban J connectivity index is 1.09. The van der Waals surface area contributed by atoms with Gasteiger partial charge >= 0.3 is 11.7 Å². The Morgan fingerprint density at radius 2 is 1.74 bits per heavy atom. The number of rotatable bonds is 9. The molecule has 3 aromatic heterocycles. The molecule has 1 spiro atoms. The van der Waals surface area contributed by atoms with Crippen LogP contribution in [0.5, 0.6) is 5.88 Å². The molecular weight excluding hydrogens is 731 g/mol. The second-order valence-electron chi connectivity index (χ2n) is 14.2. The van der Waals surface area contributed by atoms with Gasteiger partial charge in [0.15, 0.2) is 0 Å². The number of hydrogen-bond donors (Lipinski definition) is 2. The zero-order chi connectivity index (χ0) is 37.9. The largest absolute Gasteiger partial charge is 0.481 e. The minimum atomic E-state index is -0.466. The van der Waals surface area contributed by atoms with E-state index in [1.165, 1.54) is 17.8 Å². The first-order valence-corrected chi connectivity index (χ1v) is 18.6. The molecule has 2 amide bonds. The lowest BCUT2D eigenvalue weighted by atomic mass is 9.99. The molecule has 15 heteroatoms. The average molecular weight is 772 g/mol. The molecule has 2 N–H and O–H groups in total. The number of halogens is 2. The van der Waals surface area contributed by atoms with Crippen molar-refractivity contribution in [1.29, 1.82) is 0 Å². The second-order valence-corrected chi connectivity index (χ2v) is 15.0. The van der Waals surface area contributed by atoms with Crippen molar-refractivity contribution in [2.45, 2.75) is 30.8 Å². The van der Waals surface area contributed by atoms with Gasteiger partial charge in [-0.2, -0.15) is 0 Å². The number of pyridine rings is 2. The van der Waals surface area contributed by atoms with E-state index >= 15 is 0 Å². The maximum atomic E-state index is 13.2. The third kappa shape index (κ3) is 5.99. The van der Waals surface area contributed by atoms with Crippen LogP contribution >= 0.6 is 23.2 Å². The van der Waals surface area contributed by atoms with Crippen LogP contribution in [0, 0.1) is 0 Å². The molecule has 5 heterocycles. The van der Waals surface area contributed by atoms with Gasteiger partial charge in [0.25, 0.3) is 5.56 Å². The van der Waals surface area contributed by atoms with Gasteiger partial charge in [0.1, 0.15) is 11.2 Å². The number of anilines is 2. The third-order valence-corrected chi connectivity index (χ3v) is 11.9. The molecule has 3 aliphatic rings. The Hall–Kier alpha value is -4.95. The zero-order valence-corrected chi connectivity index (χ0v) is 31.9. The molecule has 5 aromatic rings. The maximum Gasteiger partial charge on any atom is 0.330 e. The molecule has 1 aliphatic carbocycles. The molecule has 0 bridgehead atoms. The fraction of sp³-hybridized carbons (Fsp3) is 0.359. The van der Waals surface area contributed by atoms with Gasteiger partial charge in [-0.1, -0.05) is 53.5 Å². The maximum absolute atomic E-state index is 13.2. The molecule has 0 unspecified atom stereocenters. The number of methoxy groups -OCH3 is 2. The van der Waals surface area contributed by atoms with E-state index in [1.807, 2.05) is 35.2 Å². The van der Waals surface area contributed by atoms with E-state index in [2.05, 4.69) is 26.6 Å². The SMILES string of the molecule is COCCN1C[C@]2(CCN([C@H]3CCc4cc(-c5cccc(-c6cccc(Nc7nccc8c7c(=O)n(C)c(=O)n8C)c6Cl)c5Cl)nc(OC)c43)C2)NC1=O. The van der Waals surface area contributed by atoms with Gasteiger partial charge in [-0.3, -0.25) is 18.8 Å². The monoisotopic (exact) mass is 770 g/mol. The minimum Gasteiger partial charge on any atom is -0.481 e. The van der Waals surface area contributed by atoms with E-state index in [0.29, 0.717) is 63.6 Å². The van der Waals surface area contributed by atoms with Crippen molar-refractivity contribution in [2.75, 3.05) is 52.3 Å². The fourth-order valence-corrected chi connectivity index (χ4v) is 8.93. The summed E-state index contributed by atoms with van der Waals surface area (Å²) in [5.74, 6) is 0.844. The van der Waals surface area contributed by atoms with Crippen LogP contribution in [0.1, 0.15) is 30.0 Å². The van der Waals surface area contributed by atoms with Crippen molar-refractivity contribution in [1.82, 2.24) is 34.2 Å². The number of hydrogen-bond acceptors (Lipinski definition) is 9. The number of urea groups is 1. The van der Waals surface area contributed by atoms with Gasteiger partial charge in [0.05, 0.1) is 46.2 Å². The Morgan fingerprint density at radius 3 is 2.52 bits per heavy atom. The quantitative estimate of drug-likeness (QED) is 0.199. The molecule has 54 heavy (non-hydrogen) atoms. The first-order valence-electron chi connectivity index (χ1n) is 17.8. The van der Waals surface area contributed by atoms with Crippen LogP contribution in [0.15, 0.2) is 64.3 Å². The number of nitrogens with one attached hydrogen (secondary N) is 2. The summed E-state index contributed by atoms with van der Waals surface area (Å²) in [7, 11) is 6.34. The van der Waals surface area contributed by atoms with Crippen LogP contribution in [0.2, 0.25) is 10.0 Å². The lowest BCUT2D eigenvalue weighted by Crippen LogP contribution is -2.46. The molecule has 2 aliphatic heterocycles. The number of amides is 2. The van der Waals surface area contributed by atoms with Crippen LogP contribution in [-0.4, -0.2) is 87.5 Å². The highest BCUT2D eigenvalue weighted by molar-refractivity contribution is 6.39. The van der Waals surface area contributed by atoms with Crippen molar-refractivity contribution < 1.29 is 14.3 Å². The fourth-order valence-electron chi connectivity index (χ4n) is 8.33. The van der Waals surface area contributed by atoms with Crippen molar-refractivity contribution in [3.8, 4) is 28.3 Å². The van der Waals surface area contributed by atoms with Crippen molar-refractivity contribution in [2.24, 2.45) is 14.1 Å². The smallest absolute Gasteiger partial charge is 0.330 e. The minimum absolute atomic E-state index is 0.0315. The number of aryl methyl sites for hydroxylation is 2. The molecule has 2 aromatic carbocycles. The standard InChI is InChI=1S/C39H40Cl2N8O5/c1-46-28-13-15-42-34(31(28)36(50)47(2)38(46)52)43-26-10-6-8-24(33(26)41)23-7-5-9-25(32(23)40)27-19-22-11-12-29(30(22)35(44-27)54-4)48-16-14-39(20-48)21-49(17-18-53-3)37(51)45-39/h5-10,13,15,19,29H,11-12,14,16-18,20-21H2,1-4H3,(H,42,43)(H,45,51)/t29-,39+/m0/s1. The zero-order valence-electron chi connectivity index (χ0n) is 30.4. The number of ether oxygens (including phenoxy) is 2. The summed E-state index contributed by atoms with van der Waals surface area (Å²) >= 11 is 14.3. The molecule has 8 rings (SSSR count). The van der Waals surface area contributed by atoms with E-state index in [9.17, 15) is 14.4 Å². The van der Waals surface area contributed by atoms with E-state index < -0.39 is 11.2 Å². The predicted molar refractivity (Wildman–Crippen MR) is 209 cm³/mol. The van der Waals surface area contributed by atoms with Crippen LogP contribution < -0.4 is 26.6 Å². The van der Waals surface area contributed by atoms with Crippen molar-refractivity contribution in [3.63, 3.8) is 0 Å². The van der Waals surface area contributed by atoms with Crippen LogP contribution in [0.3, 0.4) is 0 Å². The highest BCUT2D eigenvalue weighted by Crippen LogP contribution is 2.47. The van der Waals surface area contributed by atoms with E-state index in [1.54, 1.807) is 33.4 Å². The first-order chi connectivity index (χ1) is 26.0. The van der Waals surface area contributed by atoms with E-state index in [-0.39, 0.29) is 28.8 Å². The lowest BCUT2D eigenvalue weighted by Gasteiger charge is -2.28. The van der Waals surface area contributed by atoms with E-state index in [0.717, 1.165) is 53.6 Å². The van der Waals surface area contributed by atoms with Crippen LogP contribution in [0.4, 0.5) is 16.3 Å². The number of nitrogens with zero attached hydrogens (tertiary/aromatic N) is 6. The summed E-state index contributed by atoms with van der Waals surface area (Å²) in [6.07, 6.45) is 4.20. The van der Waals surface area contributed by atoms with Gasteiger partial charge in [-0.05, 0) is 43.0 Å². The first kappa shape index (κ1) is 36.0. The lowest BCUT2D eigenvalue weighted by molar-refractivity contribution is 0.158. The van der Waals surface area contributed by atoms with Crippen molar-refractivity contribution >= 4 is 51.6 Å². The molecule has 2 saturated heterocycles. The molecular formula is C39H40Cl2N8O5. The van der Waals surface area contributed by atoms with E-state index in [4.69, 9.17) is 37.7 Å². The van der Waals surface area contributed by atoms with Crippen LogP contribution in [0.25, 0.3) is 33.3 Å². The molecule has 2 atom stereocenters. The number of fused-ring (bicyclic) bond motifs is 2. The normalized spacial score (nSPS) is 19.6. The number of aromatic nitrogens is 4. The van der Waals surface area contributed by atoms with Gasteiger partial charge in [-0.15, -0.1) is 0 Å². The molecule has 2 fully saturated rings. The molecule has 0 saturated carbocycles. The Bertz CT molecular complexity index is 2450. The Kier molecular flexibility index (Phi) is 9.37. The Morgan fingerprint density at radius 1 is 0.981 bits per heavy atom. The number of benzene rings is 2. The third-order valence-electron chi connectivity index (χ3n) is 11.1. The van der Waals surface area contributed by atoms with Crippen molar-refractivity contribution in [3.05, 3.63) is 96.7 Å². The average Bonchev–Trinajstić information content (AvgIpc) is 3.88. The van der Waals surface area contributed by atoms with Crippen LogP contribution in [-0.2, 0) is 25.3 Å². The summed E-state index contributed by atoms with van der Waals surface area (Å²) in [4.78, 5) is 52.2. The summed E-state index contributed by atoms with van der Waals surface area (Å²) < 4.78 is 13.6. The summed E-state index contributed by atoms with van der Waals surface area (Å²) in [6.45, 7) is 3.37. The van der Waals surface area contributed by atoms with Gasteiger partial charge < -0.3 is 25.0 Å². The summed E-state index contributed by atoms with van der Waals surface area (Å²) in [5, 5.41) is 7.62. The number of likely N-dealkylation sites (tertiary alicyclic amines) is 1. The van der Waals surface area contributed by atoms with Gasteiger partial charge in [0.2, 0.25) is 5.88 Å². The topological polar surface area (TPSA) is 136 Å². The summed E-state index contributed by atoms with van der Waals surface area (Å²) in [6, 6.07) is 15.1.